The second-order valence-electron chi connectivity index (χ2n) is 7.35. The molecule has 21 heavy (non-hydrogen) atoms. The summed E-state index contributed by atoms with van der Waals surface area (Å²) in [6.07, 6.45) is 0.940. The lowest BCUT2D eigenvalue weighted by molar-refractivity contribution is 0.0693. The van der Waals surface area contributed by atoms with E-state index in [4.69, 9.17) is 0 Å². The third kappa shape index (κ3) is 3.67. The predicted octanol–water partition coefficient (Wildman–Crippen LogP) is 3.93. The van der Waals surface area contributed by atoms with Crippen molar-refractivity contribution in [3.63, 3.8) is 0 Å². The number of benzene rings is 1. The molecule has 3 unspecified atom stereocenters. The minimum Gasteiger partial charge on any atom is -0.387 e. The van der Waals surface area contributed by atoms with Crippen molar-refractivity contribution in [2.45, 2.75) is 54.1 Å². The predicted molar refractivity (Wildman–Crippen MR) is 89.7 cm³/mol. The first-order chi connectivity index (χ1) is 9.79. The lowest BCUT2D eigenvalue weighted by Crippen LogP contribution is -2.41. The van der Waals surface area contributed by atoms with Crippen LogP contribution < -0.4 is 0 Å². The van der Waals surface area contributed by atoms with Crippen LogP contribution in [0.2, 0.25) is 0 Å². The van der Waals surface area contributed by atoms with Gasteiger partial charge < -0.3 is 5.11 Å². The molecule has 118 valence electrons. The van der Waals surface area contributed by atoms with Gasteiger partial charge in [-0.3, -0.25) is 4.90 Å². The van der Waals surface area contributed by atoms with Gasteiger partial charge in [0.2, 0.25) is 0 Å². The summed E-state index contributed by atoms with van der Waals surface area (Å²) in [6.45, 7) is 16.2. The van der Waals surface area contributed by atoms with E-state index < -0.39 is 0 Å². The Balaban J connectivity index is 2.19. The molecule has 0 spiro atoms. The van der Waals surface area contributed by atoms with E-state index in [1.165, 1.54) is 28.7 Å². The van der Waals surface area contributed by atoms with Crippen LogP contribution in [0.1, 0.15) is 54.2 Å². The van der Waals surface area contributed by atoms with Crippen LogP contribution in [0.4, 0.5) is 0 Å². The second kappa shape index (κ2) is 6.50. The molecule has 1 saturated heterocycles. The molecule has 2 heteroatoms. The van der Waals surface area contributed by atoms with Gasteiger partial charge in [-0.2, -0.15) is 0 Å². The first-order valence-electron chi connectivity index (χ1n) is 8.27. The molecule has 0 saturated carbocycles. The fraction of sp³-hybridized carbons (Fsp3) is 0.684. The maximum absolute atomic E-state index is 10.8. The number of aliphatic hydroxyl groups is 1. The van der Waals surface area contributed by atoms with Crippen molar-refractivity contribution in [1.82, 2.24) is 4.90 Å². The fourth-order valence-electron chi connectivity index (χ4n) is 4.02. The molecule has 1 aliphatic heterocycles. The summed E-state index contributed by atoms with van der Waals surface area (Å²) in [6, 6.07) is 2.23. The van der Waals surface area contributed by atoms with Crippen LogP contribution in [-0.4, -0.2) is 29.6 Å². The summed E-state index contributed by atoms with van der Waals surface area (Å²) in [5.41, 5.74) is 6.23. The number of aliphatic hydroxyl groups excluding tert-OH is 1. The third-order valence-electron chi connectivity index (χ3n) is 5.13. The standard InChI is InChI=1S/C19H31NO/c1-12-7-13(2)10-20(9-12)11-18(21)19-16(5)14(3)8-15(4)17(19)6/h8,12-13,18,21H,7,9-11H2,1-6H3. The molecule has 1 aromatic rings. The van der Waals surface area contributed by atoms with E-state index in [-0.39, 0.29) is 6.10 Å². The molecule has 1 fully saturated rings. The van der Waals surface area contributed by atoms with Gasteiger partial charge in [-0.25, -0.2) is 0 Å². The molecule has 0 bridgehead atoms. The third-order valence-corrected chi connectivity index (χ3v) is 5.13. The molecule has 2 nitrogen and oxygen atoms in total. The van der Waals surface area contributed by atoms with Crippen molar-refractivity contribution in [3.8, 4) is 0 Å². The number of β-amino-alcohol motifs (C(OH)–C–C–N with tert-alkyl or cyclic N) is 1. The zero-order valence-electron chi connectivity index (χ0n) is 14.5. The lowest BCUT2D eigenvalue weighted by Gasteiger charge is -2.36. The van der Waals surface area contributed by atoms with Crippen molar-refractivity contribution >= 4 is 0 Å². The molecule has 1 aromatic carbocycles. The van der Waals surface area contributed by atoms with Crippen molar-refractivity contribution in [2.75, 3.05) is 19.6 Å². The quantitative estimate of drug-likeness (QED) is 0.911. The van der Waals surface area contributed by atoms with Gasteiger partial charge in [-0.05, 0) is 73.8 Å². The number of nitrogens with zero attached hydrogens (tertiary/aromatic N) is 1. The molecular weight excluding hydrogens is 258 g/mol. The molecule has 0 aliphatic carbocycles. The Kier molecular flexibility index (Phi) is 5.11. The highest BCUT2D eigenvalue weighted by Crippen LogP contribution is 2.29. The number of hydrogen-bond acceptors (Lipinski definition) is 2. The van der Waals surface area contributed by atoms with Crippen LogP contribution in [0.3, 0.4) is 0 Å². The van der Waals surface area contributed by atoms with E-state index in [0.717, 1.165) is 37.0 Å². The SMILES string of the molecule is Cc1cc(C)c(C)c(C(O)CN2CC(C)CC(C)C2)c1C. The maximum Gasteiger partial charge on any atom is 0.0922 e. The number of rotatable bonds is 3. The highest BCUT2D eigenvalue weighted by molar-refractivity contribution is 5.45. The van der Waals surface area contributed by atoms with E-state index in [2.05, 4.69) is 52.5 Å². The maximum atomic E-state index is 10.8. The van der Waals surface area contributed by atoms with Gasteiger partial charge in [0.15, 0.2) is 0 Å². The van der Waals surface area contributed by atoms with Gasteiger partial charge in [0, 0.05) is 19.6 Å². The Labute approximate surface area is 130 Å². The zero-order chi connectivity index (χ0) is 15.7. The minimum absolute atomic E-state index is 0.374. The summed E-state index contributed by atoms with van der Waals surface area (Å²) >= 11 is 0. The van der Waals surface area contributed by atoms with Crippen molar-refractivity contribution in [2.24, 2.45) is 11.8 Å². The molecular formula is C19H31NO. The van der Waals surface area contributed by atoms with Gasteiger partial charge in [0.1, 0.15) is 0 Å². The highest BCUT2D eigenvalue weighted by atomic mass is 16.3. The number of piperidine rings is 1. The van der Waals surface area contributed by atoms with Gasteiger partial charge in [0.05, 0.1) is 6.10 Å². The van der Waals surface area contributed by atoms with Crippen LogP contribution in [-0.2, 0) is 0 Å². The Hall–Kier alpha value is -0.860. The normalized spacial score (nSPS) is 25.1. The van der Waals surface area contributed by atoms with Crippen LogP contribution >= 0.6 is 0 Å². The highest BCUT2D eigenvalue weighted by Gasteiger charge is 2.25. The molecule has 3 atom stereocenters. The summed E-state index contributed by atoms with van der Waals surface area (Å²) in [7, 11) is 0. The monoisotopic (exact) mass is 289 g/mol. The van der Waals surface area contributed by atoms with E-state index in [0.29, 0.717) is 0 Å². The largest absolute Gasteiger partial charge is 0.387 e. The van der Waals surface area contributed by atoms with Crippen LogP contribution in [0.15, 0.2) is 6.07 Å². The van der Waals surface area contributed by atoms with E-state index >= 15 is 0 Å². The fourth-order valence-corrected chi connectivity index (χ4v) is 4.02. The average Bonchev–Trinajstić information content (AvgIpc) is 2.35. The molecule has 0 radical (unpaired) electrons. The topological polar surface area (TPSA) is 23.5 Å². The molecule has 0 aromatic heterocycles. The Morgan fingerprint density at radius 1 is 1.05 bits per heavy atom. The van der Waals surface area contributed by atoms with E-state index in [1.54, 1.807) is 0 Å². The number of aryl methyl sites for hydroxylation is 2. The zero-order valence-corrected chi connectivity index (χ0v) is 14.5. The van der Waals surface area contributed by atoms with Crippen molar-refractivity contribution in [3.05, 3.63) is 33.9 Å². The minimum atomic E-state index is -0.374. The Bertz CT molecular complexity index is 473. The number of hydrogen-bond donors (Lipinski definition) is 1. The first kappa shape index (κ1) is 16.5. The van der Waals surface area contributed by atoms with Gasteiger partial charge in [-0.1, -0.05) is 19.9 Å². The Morgan fingerprint density at radius 3 is 2.00 bits per heavy atom. The summed E-state index contributed by atoms with van der Waals surface area (Å²) in [5, 5.41) is 10.8. The Morgan fingerprint density at radius 2 is 1.52 bits per heavy atom. The second-order valence-corrected chi connectivity index (χ2v) is 7.35. The van der Waals surface area contributed by atoms with Crippen LogP contribution in [0.5, 0.6) is 0 Å². The first-order valence-corrected chi connectivity index (χ1v) is 8.27. The summed E-state index contributed by atoms with van der Waals surface area (Å²) < 4.78 is 0. The average molecular weight is 289 g/mol. The van der Waals surface area contributed by atoms with Gasteiger partial charge in [-0.15, -0.1) is 0 Å². The molecule has 0 amide bonds. The summed E-state index contributed by atoms with van der Waals surface area (Å²) in [5.74, 6) is 1.48. The van der Waals surface area contributed by atoms with Crippen molar-refractivity contribution < 1.29 is 5.11 Å². The van der Waals surface area contributed by atoms with Gasteiger partial charge >= 0.3 is 0 Å². The van der Waals surface area contributed by atoms with Crippen LogP contribution in [0.25, 0.3) is 0 Å². The molecule has 1 heterocycles. The smallest absolute Gasteiger partial charge is 0.0922 e. The van der Waals surface area contributed by atoms with E-state index in [9.17, 15) is 5.11 Å². The summed E-state index contributed by atoms with van der Waals surface area (Å²) in [4.78, 5) is 2.44. The van der Waals surface area contributed by atoms with Crippen molar-refractivity contribution in [1.29, 1.82) is 0 Å². The van der Waals surface area contributed by atoms with Crippen LogP contribution in [0, 0.1) is 39.5 Å². The van der Waals surface area contributed by atoms with E-state index in [1.807, 2.05) is 0 Å². The molecule has 1 N–H and O–H groups in total. The number of likely N-dealkylation sites (tertiary alicyclic amines) is 1. The van der Waals surface area contributed by atoms with Gasteiger partial charge in [0.25, 0.3) is 0 Å². The molecule has 2 rings (SSSR count). The lowest BCUT2D eigenvalue weighted by atomic mass is 9.89. The molecule has 1 aliphatic rings.